The van der Waals surface area contributed by atoms with Gasteiger partial charge in [-0.2, -0.15) is 33.3 Å². The molecular weight excluding hydrogens is 479 g/mol. The molecular formula is C22H17F5N4O2S. The lowest BCUT2D eigenvalue weighted by Crippen LogP contribution is -2.39. The van der Waals surface area contributed by atoms with E-state index in [9.17, 15) is 31.5 Å². The Bertz CT molecular complexity index is 1210. The number of nitrogens with zero attached hydrogens (tertiary/aromatic N) is 1. The van der Waals surface area contributed by atoms with Gasteiger partial charge in [0.15, 0.2) is 0 Å². The first-order valence-corrected chi connectivity index (χ1v) is 11.0. The first-order valence-electron chi connectivity index (χ1n) is 10.0. The predicted octanol–water partition coefficient (Wildman–Crippen LogP) is 5.84. The van der Waals surface area contributed by atoms with Crippen molar-refractivity contribution in [1.29, 1.82) is 0 Å². The Morgan fingerprint density at radius 1 is 1.00 bits per heavy atom. The van der Waals surface area contributed by atoms with E-state index in [2.05, 4.69) is 20.9 Å². The molecule has 2 heterocycles. The second-order valence-electron chi connectivity index (χ2n) is 7.60. The zero-order chi connectivity index (χ0) is 24.5. The number of halogens is 5. The van der Waals surface area contributed by atoms with Gasteiger partial charge < -0.3 is 16.0 Å². The molecule has 0 atom stereocenters. The molecule has 4 rings (SSSR count). The second kappa shape index (κ2) is 9.01. The maximum Gasteiger partial charge on any atom is 0.433 e. The van der Waals surface area contributed by atoms with E-state index in [1.807, 2.05) is 0 Å². The van der Waals surface area contributed by atoms with Crippen molar-refractivity contribution in [2.45, 2.75) is 31.0 Å². The molecule has 0 aliphatic heterocycles. The smallest absolute Gasteiger partial charge is 0.348 e. The lowest BCUT2D eigenvalue weighted by atomic mass is 10.00. The molecule has 3 aromatic rings. The Morgan fingerprint density at radius 3 is 2.41 bits per heavy atom. The van der Waals surface area contributed by atoms with Crippen LogP contribution in [0.5, 0.6) is 0 Å². The Hall–Kier alpha value is -3.54. The highest BCUT2D eigenvalue weighted by atomic mass is 32.1. The standard InChI is InChI=1S/C22H17F5N4O2S/c23-21(24,19(32)29-14-2-3-14)13-1-4-16(12-6-8-34-11-12)17(9-13)31-20(33)30-15-5-7-28-18(10-15)22(25,26)27/h1,4-11,14H,2-3H2,(H,29,32)(H2,28,30,31,33). The Labute approximate surface area is 194 Å². The van der Waals surface area contributed by atoms with Gasteiger partial charge in [0.1, 0.15) is 5.69 Å². The lowest BCUT2D eigenvalue weighted by Gasteiger charge is -2.19. The minimum atomic E-state index is -4.71. The first-order chi connectivity index (χ1) is 16.0. The van der Waals surface area contributed by atoms with Crippen LogP contribution in [0.4, 0.5) is 38.1 Å². The molecule has 1 fully saturated rings. The molecule has 0 radical (unpaired) electrons. The Kier molecular flexibility index (Phi) is 6.26. The maximum atomic E-state index is 14.8. The summed E-state index contributed by atoms with van der Waals surface area (Å²) in [5.41, 5.74) is -1.06. The van der Waals surface area contributed by atoms with Crippen LogP contribution < -0.4 is 16.0 Å². The van der Waals surface area contributed by atoms with Gasteiger partial charge in [0, 0.05) is 29.1 Å². The zero-order valence-electron chi connectivity index (χ0n) is 17.2. The van der Waals surface area contributed by atoms with Crippen LogP contribution in [-0.2, 0) is 16.9 Å². The molecule has 0 bridgehead atoms. The lowest BCUT2D eigenvalue weighted by molar-refractivity contribution is -0.147. The van der Waals surface area contributed by atoms with Gasteiger partial charge >= 0.3 is 18.1 Å². The second-order valence-corrected chi connectivity index (χ2v) is 8.38. The highest BCUT2D eigenvalue weighted by Gasteiger charge is 2.43. The van der Waals surface area contributed by atoms with Crippen molar-refractivity contribution in [2.24, 2.45) is 0 Å². The van der Waals surface area contributed by atoms with Crippen molar-refractivity contribution in [3.8, 4) is 11.1 Å². The summed E-state index contributed by atoms with van der Waals surface area (Å²) in [4.78, 5) is 27.8. The molecule has 3 N–H and O–H groups in total. The summed E-state index contributed by atoms with van der Waals surface area (Å²) in [7, 11) is 0. The van der Waals surface area contributed by atoms with Crippen LogP contribution in [0.2, 0.25) is 0 Å². The van der Waals surface area contributed by atoms with Gasteiger partial charge in [0.05, 0.1) is 5.69 Å². The summed E-state index contributed by atoms with van der Waals surface area (Å²) in [6, 6.07) is 5.70. The average Bonchev–Trinajstić information content (AvgIpc) is 3.42. The van der Waals surface area contributed by atoms with Crippen LogP contribution in [0.3, 0.4) is 0 Å². The van der Waals surface area contributed by atoms with E-state index in [0.29, 0.717) is 30.0 Å². The highest BCUT2D eigenvalue weighted by molar-refractivity contribution is 7.08. The number of nitrogens with one attached hydrogen (secondary N) is 3. The fourth-order valence-corrected chi connectivity index (χ4v) is 3.75. The van der Waals surface area contributed by atoms with E-state index in [-0.39, 0.29) is 17.4 Å². The van der Waals surface area contributed by atoms with E-state index in [0.717, 1.165) is 24.4 Å². The zero-order valence-corrected chi connectivity index (χ0v) is 18.1. The molecule has 3 amide bonds. The number of anilines is 2. The number of hydrogen-bond acceptors (Lipinski definition) is 4. The van der Waals surface area contributed by atoms with Gasteiger partial charge in [-0.3, -0.25) is 9.78 Å². The van der Waals surface area contributed by atoms with Crippen LogP contribution in [0.1, 0.15) is 24.1 Å². The molecule has 2 aromatic heterocycles. The predicted molar refractivity (Wildman–Crippen MR) is 117 cm³/mol. The summed E-state index contributed by atoms with van der Waals surface area (Å²) in [6.45, 7) is 0. The molecule has 34 heavy (non-hydrogen) atoms. The molecule has 12 heteroatoms. The molecule has 178 valence electrons. The van der Waals surface area contributed by atoms with Crippen LogP contribution in [-0.4, -0.2) is 23.0 Å². The van der Waals surface area contributed by atoms with E-state index >= 15 is 0 Å². The molecule has 1 aromatic carbocycles. The van der Waals surface area contributed by atoms with E-state index in [1.54, 1.807) is 16.8 Å². The monoisotopic (exact) mass is 496 g/mol. The number of aromatic nitrogens is 1. The number of rotatable bonds is 6. The minimum absolute atomic E-state index is 0.0441. The molecule has 0 unspecified atom stereocenters. The molecule has 0 saturated heterocycles. The quantitative estimate of drug-likeness (QED) is 0.375. The third-order valence-corrected chi connectivity index (χ3v) is 5.65. The van der Waals surface area contributed by atoms with Gasteiger partial charge in [-0.1, -0.05) is 12.1 Å². The van der Waals surface area contributed by atoms with Gasteiger partial charge in [0.2, 0.25) is 0 Å². The van der Waals surface area contributed by atoms with Crippen LogP contribution in [0, 0.1) is 0 Å². The summed E-state index contributed by atoms with van der Waals surface area (Å²) >= 11 is 1.34. The first kappa shape index (κ1) is 23.6. The SMILES string of the molecule is O=C(Nc1ccnc(C(F)(F)F)c1)Nc1cc(C(F)(F)C(=O)NC2CC2)ccc1-c1ccsc1. The summed E-state index contributed by atoms with van der Waals surface area (Å²) in [5, 5.41) is 10.4. The van der Waals surface area contributed by atoms with Gasteiger partial charge in [-0.25, -0.2) is 4.79 Å². The fraction of sp³-hybridized carbons (Fsp3) is 0.227. The van der Waals surface area contributed by atoms with Crippen LogP contribution in [0.15, 0.2) is 53.4 Å². The number of carbonyl (C=O) groups is 2. The average molecular weight is 496 g/mol. The number of benzene rings is 1. The number of amides is 3. The number of urea groups is 1. The summed E-state index contributed by atoms with van der Waals surface area (Å²) < 4.78 is 68.2. The van der Waals surface area contributed by atoms with Crippen LogP contribution in [0.25, 0.3) is 11.1 Å². The molecule has 0 spiro atoms. The van der Waals surface area contributed by atoms with Crippen molar-refractivity contribution in [3.05, 3.63) is 64.6 Å². The number of pyridine rings is 1. The van der Waals surface area contributed by atoms with Crippen molar-refractivity contribution >= 4 is 34.6 Å². The van der Waals surface area contributed by atoms with Gasteiger partial charge in [-0.05, 0) is 53.4 Å². The molecule has 1 aliphatic rings. The third-order valence-electron chi connectivity index (χ3n) is 4.97. The van der Waals surface area contributed by atoms with Crippen LogP contribution >= 0.6 is 11.3 Å². The molecule has 6 nitrogen and oxygen atoms in total. The minimum Gasteiger partial charge on any atom is -0.348 e. The van der Waals surface area contributed by atoms with Crippen molar-refractivity contribution in [1.82, 2.24) is 10.3 Å². The van der Waals surface area contributed by atoms with Crippen molar-refractivity contribution < 1.29 is 31.5 Å². The normalized spacial score (nSPS) is 13.9. The van der Waals surface area contributed by atoms with E-state index in [4.69, 9.17) is 0 Å². The Morgan fingerprint density at radius 2 is 1.76 bits per heavy atom. The highest BCUT2D eigenvalue weighted by Crippen LogP contribution is 2.37. The fourth-order valence-electron chi connectivity index (χ4n) is 3.10. The van der Waals surface area contributed by atoms with Gasteiger partial charge in [-0.15, -0.1) is 0 Å². The third kappa shape index (κ3) is 5.33. The van der Waals surface area contributed by atoms with E-state index in [1.165, 1.54) is 17.4 Å². The van der Waals surface area contributed by atoms with Crippen molar-refractivity contribution in [2.75, 3.05) is 10.6 Å². The largest absolute Gasteiger partial charge is 0.433 e. The van der Waals surface area contributed by atoms with E-state index < -0.39 is 35.3 Å². The topological polar surface area (TPSA) is 83.1 Å². The number of hydrogen-bond donors (Lipinski definition) is 3. The number of carbonyl (C=O) groups excluding carboxylic acids is 2. The Balaban J connectivity index is 1.60. The van der Waals surface area contributed by atoms with Crippen molar-refractivity contribution in [3.63, 3.8) is 0 Å². The molecule has 1 aliphatic carbocycles. The summed E-state index contributed by atoms with van der Waals surface area (Å²) in [6.07, 6.45) is -2.55. The maximum absolute atomic E-state index is 14.8. The molecule has 1 saturated carbocycles. The summed E-state index contributed by atoms with van der Waals surface area (Å²) in [5.74, 6) is -5.29. The van der Waals surface area contributed by atoms with Gasteiger partial charge in [0.25, 0.3) is 5.91 Å². The number of thiophene rings is 1. The number of alkyl halides is 5.